The highest BCUT2D eigenvalue weighted by Gasteiger charge is 2.09. The van der Waals surface area contributed by atoms with E-state index in [4.69, 9.17) is 13.9 Å². The number of furan rings is 1. The van der Waals surface area contributed by atoms with Gasteiger partial charge in [0, 0.05) is 17.0 Å². The predicted molar refractivity (Wildman–Crippen MR) is 89.9 cm³/mol. The fourth-order valence-electron chi connectivity index (χ4n) is 1.89. The van der Waals surface area contributed by atoms with Crippen LogP contribution < -0.4 is 14.8 Å². The maximum atomic E-state index is 5.36. The molecule has 0 bridgehead atoms. The number of nitrogens with zero attached hydrogens (tertiary/aromatic N) is 1. The molecule has 0 aliphatic heterocycles. The molecule has 22 heavy (non-hydrogen) atoms. The van der Waals surface area contributed by atoms with Crippen molar-refractivity contribution in [2.75, 3.05) is 19.5 Å². The van der Waals surface area contributed by atoms with Crippen LogP contribution in [0.3, 0.4) is 0 Å². The van der Waals surface area contributed by atoms with E-state index in [1.807, 2.05) is 29.6 Å². The van der Waals surface area contributed by atoms with E-state index in [0.717, 1.165) is 27.8 Å². The summed E-state index contributed by atoms with van der Waals surface area (Å²) in [6, 6.07) is 7.48. The molecule has 0 saturated heterocycles. The molecule has 0 saturated carbocycles. The number of aromatic nitrogens is 1. The van der Waals surface area contributed by atoms with Gasteiger partial charge < -0.3 is 19.2 Å². The average Bonchev–Trinajstić information content (AvgIpc) is 3.18. The van der Waals surface area contributed by atoms with E-state index in [0.29, 0.717) is 5.75 Å². The molecule has 0 aliphatic carbocycles. The lowest BCUT2D eigenvalue weighted by Gasteiger charge is -2.10. The highest BCUT2D eigenvalue weighted by molar-refractivity contribution is 7.14. The van der Waals surface area contributed by atoms with Crippen LogP contribution in [-0.2, 0) is 0 Å². The molecule has 116 valence electrons. The van der Waals surface area contributed by atoms with Crippen LogP contribution in [0.25, 0.3) is 11.3 Å². The molecule has 0 unspecified atom stereocenters. The normalized spacial score (nSPS) is 9.91. The first-order chi connectivity index (χ1) is 10.3. The highest BCUT2D eigenvalue weighted by Crippen LogP contribution is 2.33. The molecule has 0 amide bonds. The van der Waals surface area contributed by atoms with Gasteiger partial charge in [-0.25, -0.2) is 4.98 Å². The molecular formula is C15H15ClN2O3S. The zero-order valence-corrected chi connectivity index (χ0v) is 13.7. The summed E-state index contributed by atoms with van der Waals surface area (Å²) < 4.78 is 15.6. The van der Waals surface area contributed by atoms with Gasteiger partial charge in [-0.1, -0.05) is 0 Å². The highest BCUT2D eigenvalue weighted by atomic mass is 35.5. The summed E-state index contributed by atoms with van der Waals surface area (Å²) in [5.41, 5.74) is 2.68. The topological polar surface area (TPSA) is 56.5 Å². The van der Waals surface area contributed by atoms with Crippen LogP contribution in [-0.4, -0.2) is 19.2 Å². The predicted octanol–water partition coefficient (Wildman–Crippen LogP) is 4.59. The summed E-state index contributed by atoms with van der Waals surface area (Å²) in [5.74, 6) is 1.45. The minimum atomic E-state index is 0. The van der Waals surface area contributed by atoms with Crippen molar-refractivity contribution in [3.05, 3.63) is 42.2 Å². The summed E-state index contributed by atoms with van der Waals surface area (Å²) in [4.78, 5) is 4.53. The molecule has 3 rings (SSSR count). The first-order valence-electron chi connectivity index (χ1n) is 6.27. The molecule has 0 fully saturated rings. The van der Waals surface area contributed by atoms with E-state index in [1.165, 1.54) is 11.3 Å². The molecule has 3 aromatic rings. The van der Waals surface area contributed by atoms with Gasteiger partial charge in [-0.3, -0.25) is 0 Å². The van der Waals surface area contributed by atoms with Gasteiger partial charge in [0.15, 0.2) is 5.13 Å². The molecule has 1 N–H and O–H groups in total. The van der Waals surface area contributed by atoms with Crippen molar-refractivity contribution in [2.45, 2.75) is 0 Å². The van der Waals surface area contributed by atoms with E-state index < -0.39 is 0 Å². The second-order valence-electron chi connectivity index (χ2n) is 4.24. The van der Waals surface area contributed by atoms with E-state index in [9.17, 15) is 0 Å². The third-order valence-corrected chi connectivity index (χ3v) is 3.73. The SMILES string of the molecule is COc1ccc(Nc2nc(-c3ccoc3)cs2)c(OC)c1.Cl. The molecule has 2 aromatic heterocycles. The third-order valence-electron chi connectivity index (χ3n) is 2.97. The number of methoxy groups -OCH3 is 2. The molecule has 0 radical (unpaired) electrons. The summed E-state index contributed by atoms with van der Waals surface area (Å²) >= 11 is 1.52. The zero-order valence-electron chi connectivity index (χ0n) is 12.0. The number of nitrogens with one attached hydrogen (secondary N) is 1. The lowest BCUT2D eigenvalue weighted by atomic mass is 10.2. The monoisotopic (exact) mass is 338 g/mol. The van der Waals surface area contributed by atoms with Gasteiger partial charge in [0.1, 0.15) is 11.5 Å². The van der Waals surface area contributed by atoms with Crippen molar-refractivity contribution < 1.29 is 13.9 Å². The van der Waals surface area contributed by atoms with E-state index in [1.54, 1.807) is 26.7 Å². The van der Waals surface area contributed by atoms with Gasteiger partial charge in [-0.05, 0) is 18.2 Å². The van der Waals surface area contributed by atoms with Gasteiger partial charge in [-0.15, -0.1) is 23.7 Å². The smallest absolute Gasteiger partial charge is 0.187 e. The van der Waals surface area contributed by atoms with E-state index in [-0.39, 0.29) is 12.4 Å². The Morgan fingerprint density at radius 1 is 1.18 bits per heavy atom. The maximum Gasteiger partial charge on any atom is 0.187 e. The summed E-state index contributed by atoms with van der Waals surface area (Å²) in [5, 5.41) is 6.02. The number of hydrogen-bond acceptors (Lipinski definition) is 6. The summed E-state index contributed by atoms with van der Waals surface area (Å²) in [6.45, 7) is 0. The Kier molecular flexibility index (Phi) is 5.30. The van der Waals surface area contributed by atoms with Crippen molar-refractivity contribution in [1.82, 2.24) is 4.98 Å². The number of ether oxygens (including phenoxy) is 2. The maximum absolute atomic E-state index is 5.36. The molecule has 1 aromatic carbocycles. The average molecular weight is 339 g/mol. The lowest BCUT2D eigenvalue weighted by molar-refractivity contribution is 0.395. The number of rotatable bonds is 5. The van der Waals surface area contributed by atoms with Crippen LogP contribution >= 0.6 is 23.7 Å². The van der Waals surface area contributed by atoms with Gasteiger partial charge in [0.25, 0.3) is 0 Å². The summed E-state index contributed by atoms with van der Waals surface area (Å²) in [7, 11) is 3.25. The van der Waals surface area contributed by atoms with E-state index in [2.05, 4.69) is 10.3 Å². The number of thiazole rings is 1. The van der Waals surface area contributed by atoms with E-state index >= 15 is 0 Å². The van der Waals surface area contributed by atoms with Crippen molar-refractivity contribution in [2.24, 2.45) is 0 Å². The lowest BCUT2D eigenvalue weighted by Crippen LogP contribution is -1.95. The van der Waals surface area contributed by atoms with Crippen molar-refractivity contribution >= 4 is 34.6 Å². The molecule has 7 heteroatoms. The van der Waals surface area contributed by atoms with Crippen LogP contribution in [0.15, 0.2) is 46.6 Å². The Hall–Kier alpha value is -2.18. The molecule has 0 atom stereocenters. The van der Waals surface area contributed by atoms with Crippen molar-refractivity contribution in [3.63, 3.8) is 0 Å². The first kappa shape index (κ1) is 16.2. The molecule has 0 spiro atoms. The Morgan fingerprint density at radius 2 is 2.05 bits per heavy atom. The summed E-state index contributed by atoms with van der Waals surface area (Å²) in [6.07, 6.45) is 3.31. The Labute approximate surface area is 138 Å². The largest absolute Gasteiger partial charge is 0.497 e. The standard InChI is InChI=1S/C15H14N2O3S.ClH/c1-18-11-3-4-12(14(7-11)19-2)16-15-17-13(9-21-15)10-5-6-20-8-10;/h3-9H,1-2H3,(H,16,17);1H. The molecule has 0 aliphatic rings. The van der Waals surface area contributed by atoms with Crippen LogP contribution in [0.2, 0.25) is 0 Å². The number of anilines is 2. The van der Waals surface area contributed by atoms with Crippen LogP contribution in [0, 0.1) is 0 Å². The number of benzene rings is 1. The van der Waals surface area contributed by atoms with Crippen molar-refractivity contribution in [3.8, 4) is 22.8 Å². The minimum absolute atomic E-state index is 0. The fraction of sp³-hybridized carbons (Fsp3) is 0.133. The Bertz CT molecular complexity index is 728. The quantitative estimate of drug-likeness (QED) is 0.737. The number of hydrogen-bond donors (Lipinski definition) is 1. The number of halogens is 1. The zero-order chi connectivity index (χ0) is 14.7. The second-order valence-corrected chi connectivity index (χ2v) is 5.10. The minimum Gasteiger partial charge on any atom is -0.497 e. The first-order valence-corrected chi connectivity index (χ1v) is 7.15. The second kappa shape index (κ2) is 7.20. The van der Waals surface area contributed by atoms with Crippen molar-refractivity contribution in [1.29, 1.82) is 0 Å². The van der Waals surface area contributed by atoms with Crippen LogP contribution in [0.4, 0.5) is 10.8 Å². The van der Waals surface area contributed by atoms with Gasteiger partial charge in [0.2, 0.25) is 0 Å². The van der Waals surface area contributed by atoms with Gasteiger partial charge >= 0.3 is 0 Å². The van der Waals surface area contributed by atoms with Gasteiger partial charge in [0.05, 0.1) is 38.1 Å². The fourth-order valence-corrected chi connectivity index (χ4v) is 2.62. The third kappa shape index (κ3) is 3.35. The molecular weight excluding hydrogens is 324 g/mol. The van der Waals surface area contributed by atoms with Crippen LogP contribution in [0.1, 0.15) is 0 Å². The molecule has 5 nitrogen and oxygen atoms in total. The Balaban J connectivity index is 0.00000176. The van der Waals surface area contributed by atoms with Gasteiger partial charge in [-0.2, -0.15) is 0 Å². The van der Waals surface area contributed by atoms with Crippen LogP contribution in [0.5, 0.6) is 11.5 Å². The Morgan fingerprint density at radius 3 is 2.73 bits per heavy atom. The molecule has 2 heterocycles.